The van der Waals surface area contributed by atoms with E-state index in [1.165, 1.54) is 6.07 Å². The van der Waals surface area contributed by atoms with Crippen LogP contribution in [0.3, 0.4) is 0 Å². The number of aromatic nitrogens is 2. The van der Waals surface area contributed by atoms with Gasteiger partial charge in [-0.25, -0.2) is 9.97 Å². The van der Waals surface area contributed by atoms with E-state index >= 15 is 0 Å². The first-order valence-corrected chi connectivity index (χ1v) is 5.12. The van der Waals surface area contributed by atoms with E-state index in [1.54, 1.807) is 30.6 Å². The molecular formula is C12H11FN2O2. The lowest BCUT2D eigenvalue weighted by Gasteiger charge is -2.06. The standard InChI is InChI=1S/C12H11FN2O2/c13-5-4-9-2-3-10(8-11(9)16)17-12-14-6-1-7-15-12/h1-3,6-8,16H,4-5H2. The van der Waals surface area contributed by atoms with Gasteiger partial charge >= 0.3 is 6.01 Å². The molecule has 0 atom stereocenters. The number of aromatic hydroxyl groups is 1. The fourth-order valence-electron chi connectivity index (χ4n) is 1.36. The Morgan fingerprint density at radius 1 is 1.24 bits per heavy atom. The van der Waals surface area contributed by atoms with Gasteiger partial charge in [-0.15, -0.1) is 0 Å². The number of phenolic OH excluding ortho intramolecular Hbond substituents is 1. The van der Waals surface area contributed by atoms with Crippen molar-refractivity contribution >= 4 is 0 Å². The molecule has 0 saturated heterocycles. The Hall–Kier alpha value is -2.17. The van der Waals surface area contributed by atoms with E-state index in [0.717, 1.165) is 0 Å². The molecule has 0 saturated carbocycles. The van der Waals surface area contributed by atoms with Gasteiger partial charge in [0.25, 0.3) is 0 Å². The highest BCUT2D eigenvalue weighted by Crippen LogP contribution is 2.26. The number of phenols is 1. The van der Waals surface area contributed by atoms with E-state index in [9.17, 15) is 9.50 Å². The fourth-order valence-corrected chi connectivity index (χ4v) is 1.36. The van der Waals surface area contributed by atoms with Crippen molar-refractivity contribution < 1.29 is 14.2 Å². The molecule has 1 aromatic heterocycles. The van der Waals surface area contributed by atoms with Crippen molar-refractivity contribution in [3.8, 4) is 17.5 Å². The van der Waals surface area contributed by atoms with Crippen molar-refractivity contribution in [3.05, 3.63) is 42.2 Å². The zero-order chi connectivity index (χ0) is 12.1. The molecule has 1 aromatic carbocycles. The van der Waals surface area contributed by atoms with Crippen molar-refractivity contribution in [1.29, 1.82) is 0 Å². The quantitative estimate of drug-likeness (QED) is 0.883. The Labute approximate surface area is 97.7 Å². The minimum absolute atomic E-state index is 0.0103. The molecule has 5 heteroatoms. The van der Waals surface area contributed by atoms with E-state index in [4.69, 9.17) is 4.74 Å². The lowest BCUT2D eigenvalue weighted by molar-refractivity contribution is 0.425. The Kier molecular flexibility index (Phi) is 3.49. The van der Waals surface area contributed by atoms with Gasteiger partial charge in [-0.05, 0) is 17.7 Å². The molecule has 0 unspecified atom stereocenters. The lowest BCUT2D eigenvalue weighted by atomic mass is 10.1. The maximum absolute atomic E-state index is 12.1. The third-order valence-electron chi connectivity index (χ3n) is 2.17. The largest absolute Gasteiger partial charge is 0.508 e. The molecule has 2 aromatic rings. The summed E-state index contributed by atoms with van der Waals surface area (Å²) in [5.74, 6) is 0.424. The van der Waals surface area contributed by atoms with Crippen molar-refractivity contribution in [1.82, 2.24) is 9.97 Å². The first-order valence-electron chi connectivity index (χ1n) is 5.12. The van der Waals surface area contributed by atoms with Gasteiger partial charge in [-0.1, -0.05) is 6.07 Å². The maximum Gasteiger partial charge on any atom is 0.321 e. The number of benzene rings is 1. The van der Waals surface area contributed by atoms with Gasteiger partial charge in [0.2, 0.25) is 0 Å². The third-order valence-corrected chi connectivity index (χ3v) is 2.17. The summed E-state index contributed by atoms with van der Waals surface area (Å²) < 4.78 is 17.5. The van der Waals surface area contributed by atoms with Gasteiger partial charge in [0.1, 0.15) is 11.5 Å². The molecule has 0 radical (unpaired) electrons. The van der Waals surface area contributed by atoms with Crippen LogP contribution in [0.1, 0.15) is 5.56 Å². The highest BCUT2D eigenvalue weighted by atomic mass is 19.1. The molecule has 0 aliphatic heterocycles. The molecule has 17 heavy (non-hydrogen) atoms. The normalized spacial score (nSPS) is 10.2. The summed E-state index contributed by atoms with van der Waals surface area (Å²) in [4.78, 5) is 7.77. The first-order chi connectivity index (χ1) is 8.29. The Bertz CT molecular complexity index is 491. The molecule has 1 heterocycles. The highest BCUT2D eigenvalue weighted by Gasteiger charge is 2.05. The zero-order valence-electron chi connectivity index (χ0n) is 9.01. The van der Waals surface area contributed by atoms with Crippen LogP contribution in [0.5, 0.6) is 17.5 Å². The van der Waals surface area contributed by atoms with Crippen LogP contribution < -0.4 is 4.74 Å². The summed E-state index contributed by atoms with van der Waals surface area (Å²) in [7, 11) is 0. The van der Waals surface area contributed by atoms with E-state index in [0.29, 0.717) is 11.3 Å². The number of rotatable bonds is 4. The van der Waals surface area contributed by atoms with Crippen LogP contribution in [0.2, 0.25) is 0 Å². The van der Waals surface area contributed by atoms with Gasteiger partial charge in [0.05, 0.1) is 6.67 Å². The second kappa shape index (κ2) is 5.25. The van der Waals surface area contributed by atoms with Crippen LogP contribution >= 0.6 is 0 Å². The van der Waals surface area contributed by atoms with Gasteiger partial charge < -0.3 is 9.84 Å². The number of ether oxygens (including phenoxy) is 1. The number of hydrogen-bond acceptors (Lipinski definition) is 4. The molecule has 0 aliphatic rings. The Morgan fingerprint density at radius 2 is 2.00 bits per heavy atom. The van der Waals surface area contributed by atoms with Crippen LogP contribution in [0.4, 0.5) is 4.39 Å². The number of hydrogen-bond donors (Lipinski definition) is 1. The second-order valence-electron chi connectivity index (χ2n) is 3.36. The predicted molar refractivity (Wildman–Crippen MR) is 59.9 cm³/mol. The van der Waals surface area contributed by atoms with Crippen molar-refractivity contribution in [2.24, 2.45) is 0 Å². The molecule has 88 valence electrons. The first kappa shape index (κ1) is 11.3. The molecule has 2 rings (SSSR count). The van der Waals surface area contributed by atoms with E-state index in [2.05, 4.69) is 9.97 Å². The maximum atomic E-state index is 12.1. The second-order valence-corrected chi connectivity index (χ2v) is 3.36. The molecule has 0 spiro atoms. The molecule has 4 nitrogen and oxygen atoms in total. The number of aryl methyl sites for hydroxylation is 1. The van der Waals surface area contributed by atoms with Crippen LogP contribution in [0, 0.1) is 0 Å². The predicted octanol–water partition coefficient (Wildman–Crippen LogP) is 2.49. The average Bonchev–Trinajstić information content (AvgIpc) is 2.34. The summed E-state index contributed by atoms with van der Waals surface area (Å²) in [6, 6.07) is 6.55. The number of alkyl halides is 1. The van der Waals surface area contributed by atoms with E-state index in [1.807, 2.05) is 0 Å². The summed E-state index contributed by atoms with van der Waals surface area (Å²) in [6.45, 7) is -0.504. The van der Waals surface area contributed by atoms with Gasteiger partial charge in [-0.3, -0.25) is 4.39 Å². The summed E-state index contributed by atoms with van der Waals surface area (Å²) in [6.07, 6.45) is 3.30. The van der Waals surface area contributed by atoms with Crippen molar-refractivity contribution in [2.75, 3.05) is 6.67 Å². The summed E-state index contributed by atoms with van der Waals surface area (Å²) in [5.41, 5.74) is 0.550. The minimum atomic E-state index is -0.504. The molecule has 0 aliphatic carbocycles. The van der Waals surface area contributed by atoms with Gasteiger partial charge in [0.15, 0.2) is 0 Å². The highest BCUT2D eigenvalue weighted by molar-refractivity contribution is 5.40. The fraction of sp³-hybridized carbons (Fsp3) is 0.167. The smallest absolute Gasteiger partial charge is 0.321 e. The van der Waals surface area contributed by atoms with E-state index in [-0.39, 0.29) is 18.2 Å². The van der Waals surface area contributed by atoms with Crippen LogP contribution in [-0.2, 0) is 6.42 Å². The Morgan fingerprint density at radius 3 is 2.65 bits per heavy atom. The number of nitrogens with zero attached hydrogens (tertiary/aromatic N) is 2. The number of halogens is 1. The minimum Gasteiger partial charge on any atom is -0.508 e. The summed E-state index contributed by atoms with van der Waals surface area (Å²) >= 11 is 0. The summed E-state index contributed by atoms with van der Waals surface area (Å²) in [5, 5.41) is 9.61. The van der Waals surface area contributed by atoms with Crippen molar-refractivity contribution in [2.45, 2.75) is 6.42 Å². The molecule has 0 bridgehead atoms. The van der Waals surface area contributed by atoms with E-state index < -0.39 is 6.67 Å². The zero-order valence-corrected chi connectivity index (χ0v) is 9.01. The topological polar surface area (TPSA) is 55.2 Å². The molecule has 0 amide bonds. The van der Waals surface area contributed by atoms with Gasteiger partial charge in [-0.2, -0.15) is 0 Å². The average molecular weight is 234 g/mol. The van der Waals surface area contributed by atoms with Crippen molar-refractivity contribution in [3.63, 3.8) is 0 Å². The SMILES string of the molecule is Oc1cc(Oc2ncccn2)ccc1CCF. The molecule has 1 N–H and O–H groups in total. The molecular weight excluding hydrogens is 223 g/mol. The lowest BCUT2D eigenvalue weighted by Crippen LogP contribution is -1.92. The Balaban J connectivity index is 2.15. The molecule has 0 fully saturated rings. The third kappa shape index (κ3) is 2.90. The monoisotopic (exact) mass is 234 g/mol. The van der Waals surface area contributed by atoms with Crippen LogP contribution in [-0.4, -0.2) is 21.7 Å². The van der Waals surface area contributed by atoms with Gasteiger partial charge in [0, 0.05) is 24.9 Å². The van der Waals surface area contributed by atoms with Crippen LogP contribution in [0.25, 0.3) is 0 Å². The van der Waals surface area contributed by atoms with Crippen LogP contribution in [0.15, 0.2) is 36.7 Å².